The maximum Gasteiger partial charge on any atom is 0.0931 e. The number of benzene rings is 1. The van der Waals surface area contributed by atoms with Gasteiger partial charge < -0.3 is 10.6 Å². The Morgan fingerprint density at radius 2 is 2.17 bits per heavy atom. The number of thiophene rings is 1. The molecule has 1 aromatic carbocycles. The highest BCUT2D eigenvalue weighted by Gasteiger charge is 2.17. The lowest BCUT2D eigenvalue weighted by atomic mass is 10.0. The predicted molar refractivity (Wildman–Crippen MR) is 79.6 cm³/mol. The molecule has 0 atom stereocenters. The summed E-state index contributed by atoms with van der Waals surface area (Å²) in [6, 6.07) is 10.3. The zero-order chi connectivity index (χ0) is 12.5. The molecule has 1 aliphatic heterocycles. The molecule has 2 heterocycles. The largest absolute Gasteiger partial charge is 0.399 e. The van der Waals surface area contributed by atoms with Gasteiger partial charge in [0.05, 0.1) is 10.9 Å². The van der Waals surface area contributed by atoms with Crippen molar-refractivity contribution in [1.29, 1.82) is 0 Å². The Bertz CT molecular complexity index is 565. The van der Waals surface area contributed by atoms with Gasteiger partial charge in [-0.2, -0.15) is 0 Å². The zero-order valence-electron chi connectivity index (χ0n) is 10.0. The Labute approximate surface area is 116 Å². The van der Waals surface area contributed by atoms with E-state index < -0.39 is 0 Å². The zero-order valence-corrected chi connectivity index (χ0v) is 11.6. The first kappa shape index (κ1) is 11.9. The average molecular weight is 279 g/mol. The number of nitrogen functional groups attached to an aromatic ring is 1. The maximum atomic E-state index is 5.98. The summed E-state index contributed by atoms with van der Waals surface area (Å²) in [7, 11) is 0. The molecule has 2 aromatic rings. The SMILES string of the molecule is Nc1ccc2c(c1)CCCN2Cc1ccc(Cl)s1. The first-order chi connectivity index (χ1) is 8.72. The van der Waals surface area contributed by atoms with E-state index in [2.05, 4.69) is 23.1 Å². The van der Waals surface area contributed by atoms with Crippen molar-refractivity contribution in [3.05, 3.63) is 45.1 Å². The van der Waals surface area contributed by atoms with Crippen LogP contribution in [0.1, 0.15) is 16.9 Å². The summed E-state index contributed by atoms with van der Waals surface area (Å²) < 4.78 is 0.861. The van der Waals surface area contributed by atoms with Crippen LogP contribution in [0.5, 0.6) is 0 Å². The van der Waals surface area contributed by atoms with Crippen LogP contribution in [0.15, 0.2) is 30.3 Å². The van der Waals surface area contributed by atoms with E-state index in [4.69, 9.17) is 17.3 Å². The number of anilines is 2. The van der Waals surface area contributed by atoms with Crippen molar-refractivity contribution < 1.29 is 0 Å². The molecule has 1 aliphatic rings. The monoisotopic (exact) mass is 278 g/mol. The van der Waals surface area contributed by atoms with Crippen molar-refractivity contribution in [2.45, 2.75) is 19.4 Å². The number of nitrogens with two attached hydrogens (primary N) is 1. The van der Waals surface area contributed by atoms with Gasteiger partial charge in [0.2, 0.25) is 0 Å². The van der Waals surface area contributed by atoms with Crippen LogP contribution in [0, 0.1) is 0 Å². The standard InChI is InChI=1S/C14H15ClN2S/c15-14-6-4-12(18-14)9-17-7-1-2-10-8-11(16)3-5-13(10)17/h3-6,8H,1-2,7,9,16H2. The molecule has 0 saturated carbocycles. The van der Waals surface area contributed by atoms with Crippen molar-refractivity contribution >= 4 is 34.3 Å². The van der Waals surface area contributed by atoms with Crippen LogP contribution in [0.25, 0.3) is 0 Å². The molecule has 0 aliphatic carbocycles. The van der Waals surface area contributed by atoms with Gasteiger partial charge in [0, 0.05) is 22.8 Å². The molecule has 18 heavy (non-hydrogen) atoms. The summed E-state index contributed by atoms with van der Waals surface area (Å²) in [6.45, 7) is 2.04. The molecule has 2 N–H and O–H groups in total. The third-order valence-corrected chi connectivity index (χ3v) is 4.51. The summed E-state index contributed by atoms with van der Waals surface area (Å²) in [5.74, 6) is 0. The summed E-state index contributed by atoms with van der Waals surface area (Å²) in [6.07, 6.45) is 2.32. The van der Waals surface area contributed by atoms with Gasteiger partial charge in [-0.05, 0) is 48.7 Å². The summed E-state index contributed by atoms with van der Waals surface area (Å²) in [5.41, 5.74) is 9.39. The van der Waals surface area contributed by atoms with Crippen LogP contribution < -0.4 is 10.6 Å². The lowest BCUT2D eigenvalue weighted by molar-refractivity contribution is 0.695. The Kier molecular flexibility index (Phi) is 3.18. The molecule has 94 valence electrons. The third kappa shape index (κ3) is 2.33. The van der Waals surface area contributed by atoms with Gasteiger partial charge in [-0.15, -0.1) is 11.3 Å². The molecule has 2 nitrogen and oxygen atoms in total. The van der Waals surface area contributed by atoms with Gasteiger partial charge in [0.25, 0.3) is 0 Å². The van der Waals surface area contributed by atoms with E-state index in [0.717, 1.165) is 29.5 Å². The number of nitrogens with zero attached hydrogens (tertiary/aromatic N) is 1. The second kappa shape index (κ2) is 4.82. The molecule has 0 spiro atoms. The van der Waals surface area contributed by atoms with Gasteiger partial charge >= 0.3 is 0 Å². The fraction of sp³-hybridized carbons (Fsp3) is 0.286. The highest BCUT2D eigenvalue weighted by atomic mass is 35.5. The molecule has 3 rings (SSSR count). The fourth-order valence-electron chi connectivity index (χ4n) is 2.48. The molecule has 0 bridgehead atoms. The third-order valence-electron chi connectivity index (χ3n) is 3.29. The molecule has 0 amide bonds. The van der Waals surface area contributed by atoms with Gasteiger partial charge in [0.1, 0.15) is 0 Å². The fourth-order valence-corrected chi connectivity index (χ4v) is 3.59. The van der Waals surface area contributed by atoms with Crippen LogP contribution in [-0.2, 0) is 13.0 Å². The molecule has 1 aromatic heterocycles. The Morgan fingerprint density at radius 1 is 1.28 bits per heavy atom. The topological polar surface area (TPSA) is 29.3 Å². The highest BCUT2D eigenvalue weighted by Crippen LogP contribution is 2.31. The van der Waals surface area contributed by atoms with Gasteiger partial charge in [0.15, 0.2) is 0 Å². The molecule has 0 saturated heterocycles. The minimum Gasteiger partial charge on any atom is -0.399 e. The van der Waals surface area contributed by atoms with Crippen molar-refractivity contribution in [3.63, 3.8) is 0 Å². The number of aryl methyl sites for hydroxylation is 1. The van der Waals surface area contributed by atoms with E-state index in [1.165, 1.54) is 22.5 Å². The second-order valence-corrected chi connectivity index (χ2v) is 6.42. The second-order valence-electron chi connectivity index (χ2n) is 4.62. The van der Waals surface area contributed by atoms with Crippen LogP contribution in [0.2, 0.25) is 4.34 Å². The van der Waals surface area contributed by atoms with Gasteiger partial charge in [-0.1, -0.05) is 11.6 Å². The van der Waals surface area contributed by atoms with Crippen LogP contribution in [0.3, 0.4) is 0 Å². The Hall–Kier alpha value is -1.19. The van der Waals surface area contributed by atoms with Crippen molar-refractivity contribution in [2.24, 2.45) is 0 Å². The first-order valence-electron chi connectivity index (χ1n) is 6.10. The minimum absolute atomic E-state index is 0.856. The van der Waals surface area contributed by atoms with E-state index in [9.17, 15) is 0 Å². The van der Waals surface area contributed by atoms with E-state index in [1.807, 2.05) is 12.1 Å². The number of halogens is 1. The number of hydrogen-bond donors (Lipinski definition) is 1. The lowest BCUT2D eigenvalue weighted by Gasteiger charge is -2.31. The summed E-state index contributed by atoms with van der Waals surface area (Å²) in [4.78, 5) is 3.73. The van der Waals surface area contributed by atoms with Gasteiger partial charge in [-0.25, -0.2) is 0 Å². The van der Waals surface area contributed by atoms with Crippen LogP contribution in [0.4, 0.5) is 11.4 Å². The predicted octanol–water partition coefficient (Wildman–Crippen LogP) is 3.94. The molecule has 0 fully saturated rings. The summed E-state index contributed by atoms with van der Waals surface area (Å²) >= 11 is 7.64. The number of hydrogen-bond acceptors (Lipinski definition) is 3. The van der Waals surface area contributed by atoms with Crippen LogP contribution in [-0.4, -0.2) is 6.54 Å². The molecular formula is C14H15ClN2S. The van der Waals surface area contributed by atoms with E-state index in [-0.39, 0.29) is 0 Å². The maximum absolute atomic E-state index is 5.98. The first-order valence-corrected chi connectivity index (χ1v) is 7.29. The normalized spacial score (nSPS) is 14.6. The van der Waals surface area contributed by atoms with Gasteiger partial charge in [-0.3, -0.25) is 0 Å². The quantitative estimate of drug-likeness (QED) is 0.843. The lowest BCUT2D eigenvalue weighted by Crippen LogP contribution is -2.28. The van der Waals surface area contributed by atoms with Crippen LogP contribution >= 0.6 is 22.9 Å². The minimum atomic E-state index is 0.856. The number of fused-ring (bicyclic) bond motifs is 1. The Morgan fingerprint density at radius 3 is 2.94 bits per heavy atom. The smallest absolute Gasteiger partial charge is 0.0931 e. The Balaban J connectivity index is 1.87. The average Bonchev–Trinajstić information content (AvgIpc) is 2.75. The molecule has 0 unspecified atom stereocenters. The van der Waals surface area contributed by atoms with Crippen molar-refractivity contribution in [3.8, 4) is 0 Å². The summed E-state index contributed by atoms with van der Waals surface area (Å²) in [5, 5.41) is 0. The van der Waals surface area contributed by atoms with Crippen molar-refractivity contribution in [2.75, 3.05) is 17.2 Å². The highest BCUT2D eigenvalue weighted by molar-refractivity contribution is 7.16. The molecular weight excluding hydrogens is 264 g/mol. The van der Waals surface area contributed by atoms with E-state index in [0.29, 0.717) is 0 Å². The number of rotatable bonds is 2. The van der Waals surface area contributed by atoms with E-state index >= 15 is 0 Å². The van der Waals surface area contributed by atoms with Crippen molar-refractivity contribution in [1.82, 2.24) is 0 Å². The van der Waals surface area contributed by atoms with E-state index in [1.54, 1.807) is 11.3 Å². The molecule has 4 heteroatoms. The molecule has 0 radical (unpaired) electrons.